The van der Waals surface area contributed by atoms with Crippen molar-refractivity contribution in [2.45, 2.75) is 128 Å². The predicted octanol–water partition coefficient (Wildman–Crippen LogP) is 7.18. The molecule has 0 spiro atoms. The lowest BCUT2D eigenvalue weighted by molar-refractivity contribution is -0.332. The van der Waals surface area contributed by atoms with Gasteiger partial charge >= 0.3 is 12.3 Å². The van der Waals surface area contributed by atoms with E-state index in [1.807, 2.05) is 0 Å². The van der Waals surface area contributed by atoms with Gasteiger partial charge in [0, 0.05) is 0 Å². The number of hydrogen-bond donors (Lipinski definition) is 6. The zero-order valence-corrected chi connectivity index (χ0v) is 19.6. The Morgan fingerprint density at radius 2 is 0.875 bits per heavy atom. The second-order valence-corrected chi connectivity index (χ2v) is 8.44. The van der Waals surface area contributed by atoms with Gasteiger partial charge in [0.2, 0.25) is 0 Å². The molecule has 10 nitrogen and oxygen atoms in total. The molecule has 0 unspecified atom stereocenters. The van der Waals surface area contributed by atoms with Crippen LogP contribution in [-0.4, -0.2) is 54.5 Å². The monoisotopic (exact) mass is 468 g/mol. The summed E-state index contributed by atoms with van der Waals surface area (Å²) in [4.78, 5) is 26.5. The highest BCUT2D eigenvalue weighted by Gasteiger charge is 2.33. The maximum Gasteiger partial charge on any atom is 0.503 e. The molecule has 0 aromatic heterocycles. The molecule has 0 aromatic rings. The number of hydrogen-bond acceptors (Lipinski definition) is 6. The third kappa shape index (κ3) is 18.0. The molecule has 0 amide bonds. The molecule has 0 aliphatic heterocycles. The summed E-state index contributed by atoms with van der Waals surface area (Å²) in [5.41, 5.74) is -0.345. The minimum absolute atomic E-state index is 0.172. The van der Waals surface area contributed by atoms with Crippen LogP contribution in [0.3, 0.4) is 0 Å². The Kier molecular flexibility index (Phi) is 20.4. The molecule has 0 bridgehead atoms. The second-order valence-electron chi connectivity index (χ2n) is 8.44. The van der Waals surface area contributed by atoms with Crippen LogP contribution in [0.1, 0.15) is 117 Å². The van der Waals surface area contributed by atoms with Crippen LogP contribution in [-0.2, 0) is 9.78 Å². The lowest BCUT2D eigenvalue weighted by Crippen LogP contribution is -2.33. The van der Waals surface area contributed by atoms with Crippen LogP contribution in [0.2, 0.25) is 0 Å². The average molecular weight is 469 g/mol. The Hall–Kier alpha value is -1.62. The predicted molar refractivity (Wildman–Crippen MR) is 119 cm³/mol. The van der Waals surface area contributed by atoms with Gasteiger partial charge in [-0.05, 0) is 38.5 Å². The van der Waals surface area contributed by atoms with Crippen molar-refractivity contribution in [3.8, 4) is 0 Å². The van der Waals surface area contributed by atoms with Crippen molar-refractivity contribution in [3.63, 3.8) is 0 Å². The number of carbonyl (C=O) groups is 2. The van der Waals surface area contributed by atoms with Gasteiger partial charge in [0.25, 0.3) is 0 Å². The van der Waals surface area contributed by atoms with Gasteiger partial charge < -0.3 is 20.4 Å². The van der Waals surface area contributed by atoms with E-state index >= 15 is 0 Å². The van der Waals surface area contributed by atoms with E-state index in [9.17, 15) is 0 Å². The Balaban J connectivity index is 0. The van der Waals surface area contributed by atoms with Crippen LogP contribution in [0.4, 0.5) is 9.59 Å². The molecular weight excluding hydrogens is 424 g/mol. The summed E-state index contributed by atoms with van der Waals surface area (Å²) < 4.78 is 0. The van der Waals surface area contributed by atoms with Gasteiger partial charge in [-0.1, -0.05) is 78.1 Å². The zero-order chi connectivity index (χ0) is 24.9. The van der Waals surface area contributed by atoms with Crippen molar-refractivity contribution in [2.75, 3.05) is 0 Å². The fraction of sp³-hybridized carbons (Fsp3) is 0.909. The van der Waals surface area contributed by atoms with Gasteiger partial charge in [-0.2, -0.15) is 0 Å². The smallest absolute Gasteiger partial charge is 0.450 e. The minimum atomic E-state index is -1.83. The molecule has 2 fully saturated rings. The Morgan fingerprint density at radius 3 is 1.06 bits per heavy atom. The minimum Gasteiger partial charge on any atom is -0.450 e. The third-order valence-electron chi connectivity index (χ3n) is 5.89. The van der Waals surface area contributed by atoms with E-state index in [1.54, 1.807) is 0 Å². The second kappa shape index (κ2) is 20.0. The molecular formula is C22H44O10. The SMILES string of the molecule is CCCCC1(OO)CCCCC1.CCCCC1(OO)CCCCC1.O=C(O)O.O=C(O)O. The normalized spacial score (nSPS) is 18.4. The summed E-state index contributed by atoms with van der Waals surface area (Å²) >= 11 is 0. The first-order chi connectivity index (χ1) is 15.1. The summed E-state index contributed by atoms with van der Waals surface area (Å²) in [6.07, 6.45) is 14.7. The van der Waals surface area contributed by atoms with Gasteiger partial charge in [0.1, 0.15) is 11.2 Å². The maximum atomic E-state index is 8.87. The fourth-order valence-electron chi connectivity index (χ4n) is 4.16. The largest absolute Gasteiger partial charge is 0.503 e. The van der Waals surface area contributed by atoms with Crippen molar-refractivity contribution in [1.29, 1.82) is 0 Å². The van der Waals surface area contributed by atoms with Gasteiger partial charge in [0.15, 0.2) is 0 Å². The van der Waals surface area contributed by atoms with E-state index in [2.05, 4.69) is 23.6 Å². The average Bonchev–Trinajstić information content (AvgIpc) is 2.77. The van der Waals surface area contributed by atoms with Crippen LogP contribution in [0.25, 0.3) is 0 Å². The molecule has 10 heteroatoms. The van der Waals surface area contributed by atoms with Crippen LogP contribution < -0.4 is 0 Å². The van der Waals surface area contributed by atoms with E-state index in [1.165, 1.54) is 64.2 Å². The molecule has 2 rings (SSSR count). The number of carboxylic acid groups (broad SMARTS) is 4. The summed E-state index contributed by atoms with van der Waals surface area (Å²) in [6, 6.07) is 0. The van der Waals surface area contributed by atoms with Crippen molar-refractivity contribution in [2.24, 2.45) is 0 Å². The topological polar surface area (TPSA) is 174 Å². The lowest BCUT2D eigenvalue weighted by atomic mass is 9.81. The quantitative estimate of drug-likeness (QED) is 0.158. The maximum absolute atomic E-state index is 8.87. The van der Waals surface area contributed by atoms with E-state index < -0.39 is 12.3 Å². The van der Waals surface area contributed by atoms with Crippen LogP contribution in [0.15, 0.2) is 0 Å². The summed E-state index contributed by atoms with van der Waals surface area (Å²) in [5.74, 6) is 0. The Bertz CT molecular complexity index is 408. The molecule has 2 aliphatic rings. The first kappa shape index (κ1) is 32.6. The van der Waals surface area contributed by atoms with Crippen molar-refractivity contribution < 1.29 is 50.3 Å². The Morgan fingerprint density at radius 1 is 0.625 bits per heavy atom. The van der Waals surface area contributed by atoms with Crippen molar-refractivity contribution in [1.82, 2.24) is 0 Å². The molecule has 6 N–H and O–H groups in total. The van der Waals surface area contributed by atoms with E-state index in [0.717, 1.165) is 38.5 Å². The molecule has 2 saturated carbocycles. The van der Waals surface area contributed by atoms with Crippen molar-refractivity contribution in [3.05, 3.63) is 0 Å². The number of unbranched alkanes of at least 4 members (excludes halogenated alkanes) is 2. The summed E-state index contributed by atoms with van der Waals surface area (Å²) in [7, 11) is 0. The molecule has 0 atom stereocenters. The summed E-state index contributed by atoms with van der Waals surface area (Å²) in [5, 5.41) is 45.6. The van der Waals surface area contributed by atoms with Crippen molar-refractivity contribution >= 4 is 12.3 Å². The van der Waals surface area contributed by atoms with Gasteiger partial charge in [-0.25, -0.2) is 19.4 Å². The first-order valence-corrected chi connectivity index (χ1v) is 11.6. The third-order valence-corrected chi connectivity index (χ3v) is 5.89. The highest BCUT2D eigenvalue weighted by atomic mass is 17.1. The summed E-state index contributed by atoms with van der Waals surface area (Å²) in [6.45, 7) is 4.35. The Labute approximate surface area is 191 Å². The molecule has 0 saturated heterocycles. The van der Waals surface area contributed by atoms with Gasteiger partial charge in [-0.15, -0.1) is 0 Å². The van der Waals surface area contributed by atoms with Crippen LogP contribution in [0, 0.1) is 0 Å². The zero-order valence-electron chi connectivity index (χ0n) is 19.6. The highest BCUT2D eigenvalue weighted by Crippen LogP contribution is 2.35. The molecule has 0 heterocycles. The van der Waals surface area contributed by atoms with E-state index in [-0.39, 0.29) is 11.2 Å². The highest BCUT2D eigenvalue weighted by molar-refractivity contribution is 5.53. The van der Waals surface area contributed by atoms with Gasteiger partial charge in [-0.3, -0.25) is 10.5 Å². The first-order valence-electron chi connectivity index (χ1n) is 11.6. The standard InChI is InChI=1S/2C10H20O2.2CH2O3/c2*1-2-3-7-10(12-11)8-5-4-6-9-10;2*2-1(3)4/h2*11H,2-9H2,1H3;2*(H2,2,3,4). The number of rotatable bonds is 8. The molecule has 2 aliphatic carbocycles. The molecule has 0 aromatic carbocycles. The van der Waals surface area contributed by atoms with E-state index in [4.69, 9.17) is 40.5 Å². The fourth-order valence-corrected chi connectivity index (χ4v) is 4.16. The molecule has 32 heavy (non-hydrogen) atoms. The van der Waals surface area contributed by atoms with Gasteiger partial charge in [0.05, 0.1) is 0 Å². The van der Waals surface area contributed by atoms with Crippen LogP contribution >= 0.6 is 0 Å². The van der Waals surface area contributed by atoms with Crippen LogP contribution in [0.5, 0.6) is 0 Å². The lowest BCUT2D eigenvalue weighted by Gasteiger charge is -2.33. The van der Waals surface area contributed by atoms with E-state index in [0.29, 0.717) is 0 Å². The molecule has 0 radical (unpaired) electrons. The molecule has 192 valence electrons.